The molecule has 1 aromatic carbocycles. The smallest absolute Gasteiger partial charge is 0.227 e. The van der Waals surface area contributed by atoms with Crippen molar-refractivity contribution in [1.29, 1.82) is 0 Å². The van der Waals surface area contributed by atoms with Gasteiger partial charge < -0.3 is 20.1 Å². The number of fused-ring (bicyclic) bond motifs is 1. The van der Waals surface area contributed by atoms with E-state index in [1.165, 1.54) is 12.5 Å². The fourth-order valence-electron chi connectivity index (χ4n) is 4.62. The lowest BCUT2D eigenvalue weighted by molar-refractivity contribution is -0.0332. The van der Waals surface area contributed by atoms with Crippen molar-refractivity contribution in [2.45, 2.75) is 51.3 Å². The van der Waals surface area contributed by atoms with E-state index in [1.807, 2.05) is 25.4 Å². The maximum Gasteiger partial charge on any atom is 0.227 e. The van der Waals surface area contributed by atoms with Crippen LogP contribution in [0.2, 0.25) is 0 Å². The molecule has 0 spiro atoms. The van der Waals surface area contributed by atoms with Crippen LogP contribution in [0, 0.1) is 0 Å². The van der Waals surface area contributed by atoms with Crippen molar-refractivity contribution >= 4 is 28.4 Å². The highest BCUT2D eigenvalue weighted by molar-refractivity contribution is 5.92. The summed E-state index contributed by atoms with van der Waals surface area (Å²) in [5.74, 6) is 2.67. The highest BCUT2D eigenvalue weighted by Crippen LogP contribution is 2.34. The zero-order valence-corrected chi connectivity index (χ0v) is 22.1. The second kappa shape index (κ2) is 10.5. The number of halogens is 1. The van der Waals surface area contributed by atoms with Crippen LogP contribution in [0.4, 0.5) is 22.0 Å². The Morgan fingerprint density at radius 3 is 2.76 bits per heavy atom. The molecule has 200 valence electrons. The van der Waals surface area contributed by atoms with Crippen LogP contribution in [0.15, 0.2) is 42.9 Å². The summed E-state index contributed by atoms with van der Waals surface area (Å²) in [5, 5.41) is 23.3. The topological polar surface area (TPSA) is 114 Å². The highest BCUT2D eigenvalue weighted by Gasteiger charge is 2.38. The van der Waals surface area contributed by atoms with E-state index in [0.717, 1.165) is 22.2 Å². The molecule has 2 atom stereocenters. The number of piperidine rings is 1. The first-order chi connectivity index (χ1) is 18.2. The van der Waals surface area contributed by atoms with Crippen LogP contribution in [-0.4, -0.2) is 66.5 Å². The van der Waals surface area contributed by atoms with Gasteiger partial charge in [0.05, 0.1) is 30.6 Å². The molecule has 0 amide bonds. The minimum atomic E-state index is -1.37. The number of nitrogens with one attached hydrogen (secondary N) is 1. The van der Waals surface area contributed by atoms with E-state index in [-0.39, 0.29) is 6.54 Å². The molecule has 2 N–H and O–H groups in total. The second-order valence-corrected chi connectivity index (χ2v) is 10.3. The van der Waals surface area contributed by atoms with Gasteiger partial charge in [-0.2, -0.15) is 4.98 Å². The maximum atomic E-state index is 14.4. The normalized spacial score (nSPS) is 19.8. The van der Waals surface area contributed by atoms with Crippen LogP contribution < -0.4 is 15.0 Å². The van der Waals surface area contributed by atoms with Crippen molar-refractivity contribution in [2.75, 3.05) is 29.9 Å². The molecular weight excluding hydrogens is 487 g/mol. The summed E-state index contributed by atoms with van der Waals surface area (Å²) < 4.78 is 22.3. The molecule has 5 rings (SSSR count). The van der Waals surface area contributed by atoms with E-state index in [4.69, 9.17) is 4.74 Å². The van der Waals surface area contributed by atoms with Crippen LogP contribution in [0.5, 0.6) is 5.75 Å². The summed E-state index contributed by atoms with van der Waals surface area (Å²) in [6.45, 7) is 6.85. The molecule has 0 bridgehead atoms. The van der Waals surface area contributed by atoms with Gasteiger partial charge in [0.2, 0.25) is 5.95 Å². The number of nitrogens with zero attached hydrogens (tertiary/aromatic N) is 7. The van der Waals surface area contributed by atoms with E-state index in [1.54, 1.807) is 28.0 Å². The first kappa shape index (κ1) is 25.8. The van der Waals surface area contributed by atoms with Crippen molar-refractivity contribution < 1.29 is 14.2 Å². The first-order valence-electron chi connectivity index (χ1n) is 12.8. The number of benzene rings is 1. The van der Waals surface area contributed by atoms with Gasteiger partial charge in [0.25, 0.3) is 0 Å². The number of anilines is 3. The van der Waals surface area contributed by atoms with Crippen LogP contribution >= 0.6 is 0 Å². The molecule has 4 aromatic rings. The Kier molecular flexibility index (Phi) is 7.11. The predicted octanol–water partition coefficient (Wildman–Crippen LogP) is 3.94. The average molecular weight is 521 g/mol. The molecule has 0 saturated carbocycles. The largest absolute Gasteiger partial charge is 0.492 e. The molecule has 11 heteroatoms. The summed E-state index contributed by atoms with van der Waals surface area (Å²) >= 11 is 0. The highest BCUT2D eigenvalue weighted by atomic mass is 19.1. The van der Waals surface area contributed by atoms with Crippen LogP contribution in [-0.2, 0) is 13.5 Å². The molecule has 0 aliphatic carbocycles. The van der Waals surface area contributed by atoms with E-state index in [0.29, 0.717) is 49.5 Å². The van der Waals surface area contributed by atoms with Crippen molar-refractivity contribution in [3.05, 3.63) is 54.1 Å². The molecule has 38 heavy (non-hydrogen) atoms. The third-order valence-corrected chi connectivity index (χ3v) is 7.07. The van der Waals surface area contributed by atoms with Crippen LogP contribution in [0.3, 0.4) is 0 Å². The molecule has 0 radical (unpaired) electrons. The number of ether oxygens (including phenoxy) is 1. The molecule has 1 aliphatic heterocycles. The number of hydrogen-bond acceptors (Lipinski definition) is 9. The standard InChI is InChI=1S/C27H33FN8O2/c1-17(2)19-5-6-22(38-12-8-18-14-31-34-35(18)4)21-15-30-25(13-20(19)21)32-24-7-10-29-26(33-24)36-11-9-27(3,37)23(28)16-36/h5-7,10,13-15,17,23,37H,8-9,11-12,16H2,1-4H3,(H,29,30,32,33)/t23-,27+/m1/s1. The fraction of sp³-hybridized carbons (Fsp3) is 0.444. The van der Waals surface area contributed by atoms with Gasteiger partial charge in [0.1, 0.15) is 23.6 Å². The van der Waals surface area contributed by atoms with Gasteiger partial charge in [-0.15, -0.1) is 5.10 Å². The number of aliphatic hydroxyl groups is 1. The van der Waals surface area contributed by atoms with Gasteiger partial charge >= 0.3 is 0 Å². The minimum Gasteiger partial charge on any atom is -0.492 e. The van der Waals surface area contributed by atoms with E-state index >= 15 is 0 Å². The first-order valence-corrected chi connectivity index (χ1v) is 12.8. The molecule has 1 aliphatic rings. The average Bonchev–Trinajstić information content (AvgIpc) is 3.30. The lowest BCUT2D eigenvalue weighted by Crippen LogP contribution is -2.52. The molecule has 3 aromatic heterocycles. The zero-order chi connectivity index (χ0) is 26.9. The van der Waals surface area contributed by atoms with Crippen molar-refractivity contribution in [3.8, 4) is 5.75 Å². The second-order valence-electron chi connectivity index (χ2n) is 10.3. The van der Waals surface area contributed by atoms with E-state index < -0.39 is 11.8 Å². The van der Waals surface area contributed by atoms with Crippen molar-refractivity contribution in [3.63, 3.8) is 0 Å². The Balaban J connectivity index is 1.36. The fourth-order valence-corrected chi connectivity index (χ4v) is 4.62. The number of alkyl halides is 1. The Morgan fingerprint density at radius 1 is 1.18 bits per heavy atom. The molecule has 4 heterocycles. The molecule has 0 unspecified atom stereocenters. The van der Waals surface area contributed by atoms with Crippen molar-refractivity contribution in [2.24, 2.45) is 7.05 Å². The van der Waals surface area contributed by atoms with Gasteiger partial charge in [-0.1, -0.05) is 25.1 Å². The maximum absolute atomic E-state index is 14.4. The van der Waals surface area contributed by atoms with Gasteiger partial charge in [-0.25, -0.2) is 14.4 Å². The number of hydrogen-bond donors (Lipinski definition) is 2. The summed E-state index contributed by atoms with van der Waals surface area (Å²) in [6.07, 6.45) is 4.82. The summed E-state index contributed by atoms with van der Waals surface area (Å²) in [7, 11) is 1.86. The lowest BCUT2D eigenvalue weighted by atomic mass is 9.92. The Hall–Kier alpha value is -3.86. The quantitative estimate of drug-likeness (QED) is 0.356. The third kappa shape index (κ3) is 5.38. The zero-order valence-electron chi connectivity index (χ0n) is 22.1. The SMILES string of the molecule is CC(C)c1ccc(OCCc2cnnn2C)c2cnc(Nc3ccnc(N4CC[C@](C)(O)[C@H](F)C4)n3)cc12. The predicted molar refractivity (Wildman–Crippen MR) is 144 cm³/mol. The molecular formula is C27H33FN8O2. The van der Waals surface area contributed by atoms with Crippen LogP contribution in [0.1, 0.15) is 44.4 Å². The van der Waals surface area contributed by atoms with Gasteiger partial charge in [0.15, 0.2) is 0 Å². The number of rotatable bonds is 8. The lowest BCUT2D eigenvalue weighted by Gasteiger charge is -2.38. The third-order valence-electron chi connectivity index (χ3n) is 7.07. The summed E-state index contributed by atoms with van der Waals surface area (Å²) in [6, 6.07) is 7.84. The molecule has 10 nitrogen and oxygen atoms in total. The van der Waals surface area contributed by atoms with E-state index in [2.05, 4.69) is 50.5 Å². The molecule has 1 fully saturated rings. The van der Waals surface area contributed by atoms with Crippen molar-refractivity contribution in [1.82, 2.24) is 29.9 Å². The Morgan fingerprint density at radius 2 is 2.03 bits per heavy atom. The monoisotopic (exact) mass is 520 g/mol. The number of pyridine rings is 1. The van der Waals surface area contributed by atoms with Gasteiger partial charge in [-0.3, -0.25) is 4.68 Å². The Labute approximate surface area is 220 Å². The minimum absolute atomic E-state index is 0.0440. The van der Waals surface area contributed by atoms with E-state index in [9.17, 15) is 9.50 Å². The summed E-state index contributed by atoms with van der Waals surface area (Å²) in [4.78, 5) is 15.3. The van der Waals surface area contributed by atoms with Crippen LogP contribution in [0.25, 0.3) is 10.8 Å². The Bertz CT molecular complexity index is 1420. The van der Waals surface area contributed by atoms with Gasteiger partial charge in [-0.05, 0) is 48.4 Å². The summed E-state index contributed by atoms with van der Waals surface area (Å²) in [5.41, 5.74) is 0.860. The van der Waals surface area contributed by atoms with Gasteiger partial charge in [0, 0.05) is 37.8 Å². The molecule has 1 saturated heterocycles. The number of aromatic nitrogens is 6. The number of aryl methyl sites for hydroxylation is 1.